The quantitative estimate of drug-likeness (QED) is 0.135. The fraction of sp³-hybridized carbons (Fsp3) is 0.450. The van der Waals surface area contributed by atoms with Gasteiger partial charge in [-0.15, -0.1) is 0 Å². The molecule has 0 saturated carbocycles. The van der Waals surface area contributed by atoms with Crippen molar-refractivity contribution in [3.05, 3.63) is 117 Å². The molecule has 0 aromatic rings. The molecule has 0 fully saturated rings. The zero-order chi connectivity index (χ0) is 31.2. The van der Waals surface area contributed by atoms with E-state index in [1.807, 2.05) is 12.2 Å². The van der Waals surface area contributed by atoms with Gasteiger partial charge in [0.2, 0.25) is 0 Å². The van der Waals surface area contributed by atoms with Gasteiger partial charge in [-0.1, -0.05) is 111 Å². The predicted octanol–water partition coefficient (Wildman–Crippen LogP) is 12.1. The van der Waals surface area contributed by atoms with Gasteiger partial charge in [0.1, 0.15) is 0 Å². The number of rotatable bonds is 11. The second kappa shape index (κ2) is 17.0. The third-order valence-electron chi connectivity index (χ3n) is 8.42. The zero-order valence-corrected chi connectivity index (χ0v) is 28.2. The molecule has 2 heteroatoms. The maximum atomic E-state index is 4.13. The number of nitrogens with zero attached hydrogens (tertiary/aromatic N) is 2. The lowest BCUT2D eigenvalue weighted by atomic mass is 9.72. The van der Waals surface area contributed by atoms with Crippen LogP contribution in [0.25, 0.3) is 0 Å². The van der Waals surface area contributed by atoms with Gasteiger partial charge >= 0.3 is 0 Å². The van der Waals surface area contributed by atoms with Crippen LogP contribution >= 0.6 is 0 Å². The minimum Gasteiger partial charge on any atom is -0.159 e. The highest BCUT2D eigenvalue weighted by Crippen LogP contribution is 2.41. The molecule has 0 aliphatic heterocycles. The van der Waals surface area contributed by atoms with E-state index in [0.29, 0.717) is 0 Å². The molecule has 0 atom stereocenters. The average molecular weight is 565 g/mol. The summed E-state index contributed by atoms with van der Waals surface area (Å²) in [5, 5.41) is 8.26. The largest absolute Gasteiger partial charge is 0.159 e. The van der Waals surface area contributed by atoms with E-state index in [4.69, 9.17) is 0 Å². The van der Waals surface area contributed by atoms with Gasteiger partial charge in [0.05, 0.1) is 0 Å². The number of hydrogen-bond acceptors (Lipinski definition) is 2. The van der Waals surface area contributed by atoms with Crippen molar-refractivity contribution in [1.82, 2.24) is 0 Å². The van der Waals surface area contributed by atoms with Crippen molar-refractivity contribution >= 4 is 12.4 Å². The van der Waals surface area contributed by atoms with Crippen LogP contribution in [-0.2, 0) is 0 Å². The Labute approximate surface area is 258 Å². The van der Waals surface area contributed by atoms with Crippen LogP contribution in [0.1, 0.15) is 108 Å². The van der Waals surface area contributed by atoms with Gasteiger partial charge in [-0.25, -0.2) is 0 Å². The fourth-order valence-electron chi connectivity index (χ4n) is 5.75. The Morgan fingerprint density at radius 3 is 1.26 bits per heavy atom. The molecule has 0 amide bonds. The Morgan fingerprint density at radius 1 is 0.548 bits per heavy atom. The van der Waals surface area contributed by atoms with Crippen molar-refractivity contribution in [2.45, 2.75) is 108 Å². The van der Waals surface area contributed by atoms with E-state index in [1.54, 1.807) is 12.4 Å². The molecule has 0 N–H and O–H groups in total. The second-order valence-corrected chi connectivity index (χ2v) is 13.4. The molecule has 0 heterocycles. The van der Waals surface area contributed by atoms with Gasteiger partial charge in [0, 0.05) is 12.4 Å². The first-order valence-corrected chi connectivity index (χ1v) is 15.7. The van der Waals surface area contributed by atoms with Gasteiger partial charge in [-0.2, -0.15) is 10.2 Å². The Hall–Kier alpha value is -3.26. The van der Waals surface area contributed by atoms with Gasteiger partial charge in [0.25, 0.3) is 0 Å². The van der Waals surface area contributed by atoms with E-state index in [0.717, 1.165) is 11.1 Å². The smallest absolute Gasteiger partial charge is 0.0498 e. The predicted molar refractivity (Wildman–Crippen MR) is 189 cm³/mol. The lowest BCUT2D eigenvalue weighted by Crippen LogP contribution is -2.19. The third-order valence-corrected chi connectivity index (χ3v) is 8.42. The minimum atomic E-state index is 0.277. The third kappa shape index (κ3) is 12.3. The summed E-state index contributed by atoms with van der Waals surface area (Å²) in [6.45, 7) is 22.4. The summed E-state index contributed by atoms with van der Waals surface area (Å²) in [6.07, 6.45) is 36.8. The van der Waals surface area contributed by atoms with Gasteiger partial charge in [-0.3, -0.25) is 0 Å². The fourth-order valence-corrected chi connectivity index (χ4v) is 5.75. The summed E-state index contributed by atoms with van der Waals surface area (Å²) < 4.78 is 0. The summed E-state index contributed by atoms with van der Waals surface area (Å²) >= 11 is 0. The lowest BCUT2D eigenvalue weighted by molar-refractivity contribution is 0.376. The van der Waals surface area contributed by atoms with Crippen molar-refractivity contribution in [3.63, 3.8) is 0 Å². The van der Waals surface area contributed by atoms with E-state index < -0.39 is 0 Å². The SMILES string of the molecule is CC1=C(\C=C/C(C)=C\C=C/C(C)=C\C=N\N=C\C=C(C)\C=C/C=C(C)/C=C\C2=C(C)CCCC2(C)C)C(C)(C)CCC1. The Balaban J connectivity index is 1.84. The first-order chi connectivity index (χ1) is 19.8. The number of hydrogen-bond donors (Lipinski definition) is 0. The molecule has 2 aliphatic rings. The molecular weight excluding hydrogens is 508 g/mol. The summed E-state index contributed by atoms with van der Waals surface area (Å²) in [5.74, 6) is 0. The molecule has 2 rings (SSSR count). The highest BCUT2D eigenvalue weighted by molar-refractivity contribution is 5.76. The van der Waals surface area contributed by atoms with Crippen LogP contribution in [-0.4, -0.2) is 12.4 Å². The molecule has 0 unspecified atom stereocenters. The molecule has 0 bridgehead atoms. The van der Waals surface area contributed by atoms with E-state index >= 15 is 0 Å². The van der Waals surface area contributed by atoms with Crippen LogP contribution in [0.15, 0.2) is 128 Å². The Kier molecular flexibility index (Phi) is 14.1. The summed E-state index contributed by atoms with van der Waals surface area (Å²) in [4.78, 5) is 0. The average Bonchev–Trinajstić information content (AvgIpc) is 2.89. The molecule has 0 spiro atoms. The molecule has 2 aliphatic carbocycles. The van der Waals surface area contributed by atoms with E-state index in [1.165, 1.54) is 72.0 Å². The second-order valence-electron chi connectivity index (χ2n) is 13.4. The molecule has 0 saturated heterocycles. The van der Waals surface area contributed by atoms with Crippen LogP contribution in [0.4, 0.5) is 0 Å². The summed E-state index contributed by atoms with van der Waals surface area (Å²) in [7, 11) is 0. The van der Waals surface area contributed by atoms with Gasteiger partial charge in [-0.05, 0) is 125 Å². The van der Waals surface area contributed by atoms with Crippen molar-refractivity contribution in [2.24, 2.45) is 21.0 Å². The maximum Gasteiger partial charge on any atom is 0.0498 e. The molecular formula is C40H56N2. The Morgan fingerprint density at radius 2 is 0.905 bits per heavy atom. The first kappa shape index (κ1) is 34.9. The highest BCUT2D eigenvalue weighted by Gasteiger charge is 2.27. The van der Waals surface area contributed by atoms with Crippen LogP contribution in [0.2, 0.25) is 0 Å². The van der Waals surface area contributed by atoms with Crippen LogP contribution < -0.4 is 0 Å². The van der Waals surface area contributed by atoms with E-state index in [2.05, 4.69) is 140 Å². The topological polar surface area (TPSA) is 24.7 Å². The first-order valence-electron chi connectivity index (χ1n) is 15.7. The van der Waals surface area contributed by atoms with Crippen LogP contribution in [0, 0.1) is 10.8 Å². The van der Waals surface area contributed by atoms with Crippen molar-refractivity contribution in [1.29, 1.82) is 0 Å². The van der Waals surface area contributed by atoms with Gasteiger partial charge in [0.15, 0.2) is 0 Å². The minimum absolute atomic E-state index is 0.277. The van der Waals surface area contributed by atoms with E-state index in [-0.39, 0.29) is 10.8 Å². The van der Waals surface area contributed by atoms with E-state index in [9.17, 15) is 0 Å². The molecule has 2 nitrogen and oxygen atoms in total. The molecule has 0 radical (unpaired) electrons. The maximum absolute atomic E-state index is 4.13. The normalized spacial score (nSPS) is 21.7. The van der Waals surface area contributed by atoms with Crippen molar-refractivity contribution in [3.8, 4) is 0 Å². The van der Waals surface area contributed by atoms with Gasteiger partial charge < -0.3 is 0 Å². The summed E-state index contributed by atoms with van der Waals surface area (Å²) in [5.41, 5.74) is 11.4. The van der Waals surface area contributed by atoms with Crippen LogP contribution in [0.3, 0.4) is 0 Å². The van der Waals surface area contributed by atoms with Crippen molar-refractivity contribution < 1.29 is 0 Å². The standard InChI is InChI=1S/C40H56N2/c1-31(21-23-37-35(5)19-13-27-39(37,7)8)15-11-17-33(3)25-29-41-42-30-26-34(4)18-12-16-32(2)22-24-38-36(6)20-14-28-40(38,9)10/h11-12,15-18,21-26,29-30H,13-14,19-20,27-28H2,1-10H3/b17-11-,18-12-,23-21-,24-22-,31-15-,32-16+,33-25-,34-26+,41-29+,42-30+. The monoisotopic (exact) mass is 564 g/mol. The molecule has 0 aromatic carbocycles. The van der Waals surface area contributed by atoms with Crippen LogP contribution in [0.5, 0.6) is 0 Å². The zero-order valence-electron chi connectivity index (χ0n) is 28.2. The molecule has 0 aromatic heterocycles. The lowest BCUT2D eigenvalue weighted by Gasteiger charge is -2.33. The molecule has 42 heavy (non-hydrogen) atoms. The van der Waals surface area contributed by atoms with Crippen molar-refractivity contribution in [2.75, 3.05) is 0 Å². The number of allylic oxidation sites excluding steroid dienone is 20. The Bertz CT molecular complexity index is 1200. The highest BCUT2D eigenvalue weighted by atomic mass is 15.2. The molecule has 226 valence electrons. The summed E-state index contributed by atoms with van der Waals surface area (Å²) in [6, 6.07) is 0.